The minimum Gasteiger partial charge on any atom is -0.376 e. The van der Waals surface area contributed by atoms with Gasteiger partial charge in [0.05, 0.1) is 5.69 Å². The Morgan fingerprint density at radius 3 is 2.57 bits per heavy atom. The molecule has 1 N–H and O–H groups in total. The highest BCUT2D eigenvalue weighted by Gasteiger charge is 2.51. The summed E-state index contributed by atoms with van der Waals surface area (Å²) in [6, 6.07) is 3.84. The molecule has 3 heterocycles. The first-order valence-corrected chi connectivity index (χ1v) is 6.58. The first kappa shape index (κ1) is 15.4. The summed E-state index contributed by atoms with van der Waals surface area (Å²) >= 11 is 0. The molecular weight excluding hydrogens is 314 g/mol. The summed E-state index contributed by atoms with van der Waals surface area (Å²) in [6.45, 7) is 0.660. The number of fused-ring (bicyclic) bond motifs is 1. The third-order valence-electron chi connectivity index (χ3n) is 3.56. The van der Waals surface area contributed by atoms with Crippen LogP contribution in [0.2, 0.25) is 0 Å². The van der Waals surface area contributed by atoms with Crippen molar-refractivity contribution in [1.29, 1.82) is 0 Å². The van der Waals surface area contributed by atoms with Gasteiger partial charge >= 0.3 is 6.18 Å². The summed E-state index contributed by atoms with van der Waals surface area (Å²) in [6.07, 6.45) is 0.117. The lowest BCUT2D eigenvalue weighted by Crippen LogP contribution is -2.39. The standard InChI is InChI=1S/C15H11F4N3O/c1-14(23,15(17,18)19)10-4-9(5-20-6-10)12-8-22-7-11(16)2-3-13(22)21-12/h2-8,23H,1H3. The number of aliphatic hydroxyl groups is 1. The van der Waals surface area contributed by atoms with Gasteiger partial charge in [-0.05, 0) is 25.1 Å². The molecule has 1 unspecified atom stereocenters. The molecule has 23 heavy (non-hydrogen) atoms. The molecule has 8 heteroatoms. The molecule has 3 rings (SSSR count). The van der Waals surface area contributed by atoms with Crippen molar-refractivity contribution >= 4 is 5.65 Å². The average Bonchev–Trinajstić information content (AvgIpc) is 2.89. The zero-order valence-electron chi connectivity index (χ0n) is 11.8. The molecule has 0 amide bonds. The SMILES string of the molecule is CC(O)(c1cncc(-c2cn3cc(F)ccc3n2)c1)C(F)(F)F. The van der Waals surface area contributed by atoms with Gasteiger partial charge in [0.25, 0.3) is 0 Å². The number of rotatable bonds is 2. The Kier molecular flexibility index (Phi) is 3.36. The highest BCUT2D eigenvalue weighted by atomic mass is 19.4. The minimum absolute atomic E-state index is 0.288. The van der Waals surface area contributed by atoms with E-state index >= 15 is 0 Å². The lowest BCUT2D eigenvalue weighted by molar-refractivity contribution is -0.259. The van der Waals surface area contributed by atoms with Crippen molar-refractivity contribution in [3.63, 3.8) is 0 Å². The second-order valence-electron chi connectivity index (χ2n) is 5.27. The monoisotopic (exact) mass is 325 g/mol. The third kappa shape index (κ3) is 2.65. The number of aromatic nitrogens is 3. The molecule has 0 bridgehead atoms. The molecular formula is C15H11F4N3O. The minimum atomic E-state index is -4.84. The van der Waals surface area contributed by atoms with Gasteiger partial charge < -0.3 is 9.51 Å². The lowest BCUT2D eigenvalue weighted by Gasteiger charge is -2.26. The van der Waals surface area contributed by atoms with E-state index in [1.165, 1.54) is 41.2 Å². The molecule has 3 aromatic heterocycles. The summed E-state index contributed by atoms with van der Waals surface area (Å²) in [5.74, 6) is -0.465. The van der Waals surface area contributed by atoms with E-state index in [0.29, 0.717) is 18.3 Å². The topological polar surface area (TPSA) is 50.4 Å². The van der Waals surface area contributed by atoms with Gasteiger partial charge in [-0.2, -0.15) is 13.2 Å². The van der Waals surface area contributed by atoms with Crippen molar-refractivity contribution in [2.45, 2.75) is 18.7 Å². The molecule has 0 saturated heterocycles. The Morgan fingerprint density at radius 1 is 1.13 bits per heavy atom. The third-order valence-corrected chi connectivity index (χ3v) is 3.56. The van der Waals surface area contributed by atoms with Gasteiger partial charge in [0.2, 0.25) is 0 Å². The van der Waals surface area contributed by atoms with Crippen molar-refractivity contribution < 1.29 is 22.7 Å². The molecule has 0 aliphatic rings. The van der Waals surface area contributed by atoms with E-state index in [9.17, 15) is 22.7 Å². The normalized spacial score (nSPS) is 14.9. The number of nitrogens with zero attached hydrogens (tertiary/aromatic N) is 3. The number of pyridine rings is 2. The molecule has 4 nitrogen and oxygen atoms in total. The second kappa shape index (κ2) is 5.02. The lowest BCUT2D eigenvalue weighted by atomic mass is 9.95. The van der Waals surface area contributed by atoms with Crippen LogP contribution in [-0.4, -0.2) is 25.7 Å². The van der Waals surface area contributed by atoms with Gasteiger partial charge in [0, 0.05) is 35.9 Å². The summed E-state index contributed by atoms with van der Waals surface area (Å²) < 4.78 is 53.4. The van der Waals surface area contributed by atoms with Crippen LogP contribution in [0.1, 0.15) is 12.5 Å². The summed E-state index contributed by atoms with van der Waals surface area (Å²) in [4.78, 5) is 7.95. The van der Waals surface area contributed by atoms with Gasteiger partial charge in [0.1, 0.15) is 11.5 Å². The van der Waals surface area contributed by atoms with Crippen LogP contribution in [0.15, 0.2) is 43.0 Å². The van der Waals surface area contributed by atoms with Crippen molar-refractivity contribution in [2.75, 3.05) is 0 Å². The van der Waals surface area contributed by atoms with Crippen molar-refractivity contribution in [3.05, 3.63) is 54.4 Å². The quantitative estimate of drug-likeness (QED) is 0.736. The van der Waals surface area contributed by atoms with E-state index in [2.05, 4.69) is 9.97 Å². The van der Waals surface area contributed by atoms with Gasteiger partial charge in [-0.25, -0.2) is 9.37 Å². The Hall–Kier alpha value is -2.48. The van der Waals surface area contributed by atoms with E-state index in [0.717, 1.165) is 6.20 Å². The predicted octanol–water partition coefficient (Wildman–Crippen LogP) is 3.31. The van der Waals surface area contributed by atoms with E-state index in [-0.39, 0.29) is 5.56 Å². The maximum atomic E-state index is 13.2. The van der Waals surface area contributed by atoms with Crippen LogP contribution in [0.5, 0.6) is 0 Å². The number of hydrogen-bond acceptors (Lipinski definition) is 3. The smallest absolute Gasteiger partial charge is 0.376 e. The first-order valence-electron chi connectivity index (χ1n) is 6.58. The molecule has 0 aliphatic carbocycles. The van der Waals surface area contributed by atoms with Crippen molar-refractivity contribution in [2.24, 2.45) is 0 Å². The first-order chi connectivity index (χ1) is 10.7. The fourth-order valence-corrected chi connectivity index (χ4v) is 2.11. The van der Waals surface area contributed by atoms with Gasteiger partial charge in [-0.1, -0.05) is 0 Å². The maximum Gasteiger partial charge on any atom is 0.421 e. The number of hydrogen-bond donors (Lipinski definition) is 1. The maximum absolute atomic E-state index is 13.2. The molecule has 0 spiro atoms. The number of imidazole rings is 1. The van der Waals surface area contributed by atoms with E-state index in [1.54, 1.807) is 0 Å². The number of halogens is 4. The van der Waals surface area contributed by atoms with E-state index in [1.807, 2.05) is 0 Å². The van der Waals surface area contributed by atoms with Crippen molar-refractivity contribution in [1.82, 2.24) is 14.4 Å². The Balaban J connectivity index is 2.08. The number of alkyl halides is 3. The van der Waals surface area contributed by atoms with Crippen LogP contribution in [0.4, 0.5) is 17.6 Å². The fourth-order valence-electron chi connectivity index (χ4n) is 2.11. The predicted molar refractivity (Wildman–Crippen MR) is 74.0 cm³/mol. The molecule has 3 aromatic rings. The zero-order chi connectivity index (χ0) is 16.8. The molecule has 0 fully saturated rings. The van der Waals surface area contributed by atoms with Crippen LogP contribution < -0.4 is 0 Å². The average molecular weight is 325 g/mol. The highest BCUT2D eigenvalue weighted by molar-refractivity contribution is 5.62. The summed E-state index contributed by atoms with van der Waals surface area (Å²) in [7, 11) is 0. The largest absolute Gasteiger partial charge is 0.421 e. The molecule has 0 radical (unpaired) electrons. The fraction of sp³-hybridized carbons (Fsp3) is 0.200. The Morgan fingerprint density at radius 2 is 1.87 bits per heavy atom. The van der Waals surface area contributed by atoms with E-state index in [4.69, 9.17) is 0 Å². The summed E-state index contributed by atoms with van der Waals surface area (Å²) in [5, 5.41) is 9.73. The molecule has 0 saturated carbocycles. The highest BCUT2D eigenvalue weighted by Crippen LogP contribution is 2.39. The zero-order valence-corrected chi connectivity index (χ0v) is 11.8. The summed E-state index contributed by atoms with van der Waals surface area (Å²) in [5.41, 5.74) is -2.37. The molecule has 0 aromatic carbocycles. The Bertz CT molecular complexity index is 871. The molecule has 0 aliphatic heterocycles. The van der Waals surface area contributed by atoms with Gasteiger partial charge in [-0.3, -0.25) is 4.98 Å². The molecule has 120 valence electrons. The van der Waals surface area contributed by atoms with Crippen LogP contribution in [0.25, 0.3) is 16.9 Å². The van der Waals surface area contributed by atoms with Gasteiger partial charge in [-0.15, -0.1) is 0 Å². The second-order valence-corrected chi connectivity index (χ2v) is 5.27. The molecule has 1 atom stereocenters. The van der Waals surface area contributed by atoms with E-state index < -0.39 is 23.2 Å². The van der Waals surface area contributed by atoms with Crippen LogP contribution in [0, 0.1) is 5.82 Å². The van der Waals surface area contributed by atoms with Crippen molar-refractivity contribution in [3.8, 4) is 11.3 Å². The van der Waals surface area contributed by atoms with Crippen LogP contribution in [-0.2, 0) is 5.60 Å². The van der Waals surface area contributed by atoms with Gasteiger partial charge in [0.15, 0.2) is 5.60 Å². The van der Waals surface area contributed by atoms with Crippen LogP contribution in [0.3, 0.4) is 0 Å². The van der Waals surface area contributed by atoms with Crippen LogP contribution >= 0.6 is 0 Å². The Labute approximate surface area is 128 Å².